The summed E-state index contributed by atoms with van der Waals surface area (Å²) in [5, 5.41) is 14.0. The molecule has 3 N–H and O–H groups in total. The average molecular weight is 226 g/mol. The molecule has 0 radical (unpaired) electrons. The topological polar surface area (TPSA) is 61.4 Å². The number of halogens is 1. The summed E-state index contributed by atoms with van der Waals surface area (Å²) in [6.07, 6.45) is 0.0331. The third kappa shape index (κ3) is 4.75. The van der Waals surface area contributed by atoms with Gasteiger partial charge in [0.1, 0.15) is 5.82 Å². The number of urea groups is 1. The van der Waals surface area contributed by atoms with E-state index in [0.29, 0.717) is 18.7 Å². The number of rotatable bonds is 4. The third-order valence-corrected chi connectivity index (χ3v) is 1.93. The quantitative estimate of drug-likeness (QED) is 0.732. The molecule has 1 unspecified atom stereocenters. The number of benzene rings is 1. The summed E-state index contributed by atoms with van der Waals surface area (Å²) in [6.45, 7) is 2.02. The first-order valence-corrected chi connectivity index (χ1v) is 5.06. The maximum Gasteiger partial charge on any atom is 0.319 e. The highest BCUT2D eigenvalue weighted by Crippen LogP contribution is 2.08. The van der Waals surface area contributed by atoms with Gasteiger partial charge in [0, 0.05) is 12.2 Å². The standard InChI is InChI=1S/C11H15FN2O2/c1-8(15)5-6-13-11(16)14-10-4-2-3-9(12)7-10/h2-4,7-8,15H,5-6H2,1H3,(H2,13,14,16). The number of amides is 2. The normalized spacial score (nSPS) is 11.9. The fraction of sp³-hybridized carbons (Fsp3) is 0.364. The molecule has 0 heterocycles. The number of hydrogen-bond acceptors (Lipinski definition) is 2. The van der Waals surface area contributed by atoms with Gasteiger partial charge in [-0.05, 0) is 31.5 Å². The summed E-state index contributed by atoms with van der Waals surface area (Å²) in [5.41, 5.74) is 0.398. The molecule has 0 aliphatic rings. The summed E-state index contributed by atoms with van der Waals surface area (Å²) >= 11 is 0. The number of anilines is 1. The first-order chi connectivity index (χ1) is 7.58. The van der Waals surface area contributed by atoms with Crippen LogP contribution in [0.5, 0.6) is 0 Å². The summed E-state index contributed by atoms with van der Waals surface area (Å²) in [7, 11) is 0. The van der Waals surface area contributed by atoms with Gasteiger partial charge in [-0.15, -0.1) is 0 Å². The Morgan fingerprint density at radius 1 is 1.56 bits per heavy atom. The van der Waals surface area contributed by atoms with Gasteiger partial charge in [-0.3, -0.25) is 0 Å². The first-order valence-electron chi connectivity index (χ1n) is 5.06. The van der Waals surface area contributed by atoms with Crippen molar-refractivity contribution in [3.8, 4) is 0 Å². The van der Waals surface area contributed by atoms with Crippen LogP contribution in [0.1, 0.15) is 13.3 Å². The Morgan fingerprint density at radius 2 is 2.31 bits per heavy atom. The van der Waals surface area contributed by atoms with E-state index in [4.69, 9.17) is 5.11 Å². The monoisotopic (exact) mass is 226 g/mol. The van der Waals surface area contributed by atoms with E-state index in [2.05, 4.69) is 10.6 Å². The number of nitrogens with one attached hydrogen (secondary N) is 2. The summed E-state index contributed by atoms with van der Waals surface area (Å²) in [4.78, 5) is 11.3. The first kappa shape index (κ1) is 12.4. The van der Waals surface area contributed by atoms with Crippen LogP contribution in [0.3, 0.4) is 0 Å². The number of carbonyl (C=O) groups excluding carboxylic acids is 1. The molecule has 1 rings (SSSR count). The zero-order valence-electron chi connectivity index (χ0n) is 9.03. The maximum absolute atomic E-state index is 12.8. The minimum atomic E-state index is -0.450. The molecule has 2 amide bonds. The Hall–Kier alpha value is -1.62. The Bertz CT molecular complexity index is 356. The highest BCUT2D eigenvalue weighted by Gasteiger charge is 2.02. The van der Waals surface area contributed by atoms with Crippen LogP contribution in [-0.4, -0.2) is 23.8 Å². The summed E-state index contributed by atoms with van der Waals surface area (Å²) < 4.78 is 12.8. The molecule has 16 heavy (non-hydrogen) atoms. The van der Waals surface area contributed by atoms with E-state index in [-0.39, 0.29) is 0 Å². The molecule has 0 aromatic heterocycles. The van der Waals surface area contributed by atoms with E-state index in [1.54, 1.807) is 13.0 Å². The second-order valence-electron chi connectivity index (χ2n) is 3.53. The van der Waals surface area contributed by atoms with Gasteiger partial charge in [-0.25, -0.2) is 9.18 Å². The fourth-order valence-corrected chi connectivity index (χ4v) is 1.14. The van der Waals surface area contributed by atoms with Crippen LogP contribution in [0.2, 0.25) is 0 Å². The van der Waals surface area contributed by atoms with Gasteiger partial charge in [0.2, 0.25) is 0 Å². The molecule has 0 saturated carbocycles. The van der Waals surface area contributed by atoms with Crippen LogP contribution in [0.4, 0.5) is 14.9 Å². The van der Waals surface area contributed by atoms with Gasteiger partial charge < -0.3 is 15.7 Å². The maximum atomic E-state index is 12.8. The molecule has 0 aliphatic carbocycles. The van der Waals surface area contributed by atoms with Gasteiger partial charge in [0.05, 0.1) is 6.10 Å². The second kappa shape index (κ2) is 6.07. The molecule has 1 aromatic rings. The van der Waals surface area contributed by atoms with Gasteiger partial charge in [0.25, 0.3) is 0 Å². The van der Waals surface area contributed by atoms with E-state index >= 15 is 0 Å². The van der Waals surface area contributed by atoms with E-state index < -0.39 is 18.0 Å². The number of aliphatic hydroxyl groups is 1. The zero-order valence-corrected chi connectivity index (χ0v) is 9.03. The zero-order chi connectivity index (χ0) is 12.0. The molecule has 5 heteroatoms. The van der Waals surface area contributed by atoms with Crippen LogP contribution in [0.25, 0.3) is 0 Å². The minimum absolute atomic E-state index is 0.374. The lowest BCUT2D eigenvalue weighted by molar-refractivity contribution is 0.184. The predicted octanol–water partition coefficient (Wildman–Crippen LogP) is 1.72. The molecule has 0 spiro atoms. The molecule has 4 nitrogen and oxygen atoms in total. The SMILES string of the molecule is CC(O)CCNC(=O)Nc1cccc(F)c1. The highest BCUT2D eigenvalue weighted by molar-refractivity contribution is 5.89. The Balaban J connectivity index is 2.34. The van der Waals surface area contributed by atoms with E-state index in [1.165, 1.54) is 18.2 Å². The van der Waals surface area contributed by atoms with Gasteiger partial charge in [0.15, 0.2) is 0 Å². The lowest BCUT2D eigenvalue weighted by Crippen LogP contribution is -2.30. The Labute approximate surface area is 93.5 Å². The second-order valence-corrected chi connectivity index (χ2v) is 3.53. The van der Waals surface area contributed by atoms with Crippen molar-refractivity contribution in [2.45, 2.75) is 19.4 Å². The van der Waals surface area contributed by atoms with Crippen molar-refractivity contribution in [3.63, 3.8) is 0 Å². The van der Waals surface area contributed by atoms with Gasteiger partial charge >= 0.3 is 6.03 Å². The molecule has 1 atom stereocenters. The molecular weight excluding hydrogens is 211 g/mol. The molecule has 0 saturated heterocycles. The molecule has 0 bridgehead atoms. The van der Waals surface area contributed by atoms with E-state index in [0.717, 1.165) is 0 Å². The van der Waals surface area contributed by atoms with Crippen molar-refractivity contribution < 1.29 is 14.3 Å². The van der Waals surface area contributed by atoms with Crippen LogP contribution in [-0.2, 0) is 0 Å². The average Bonchev–Trinajstić information content (AvgIpc) is 2.16. The Morgan fingerprint density at radius 3 is 2.94 bits per heavy atom. The van der Waals surface area contributed by atoms with Crippen LogP contribution in [0, 0.1) is 5.82 Å². The van der Waals surface area contributed by atoms with Crippen molar-refractivity contribution in [1.82, 2.24) is 5.32 Å². The smallest absolute Gasteiger partial charge is 0.319 e. The van der Waals surface area contributed by atoms with E-state index in [1.807, 2.05) is 0 Å². The molecule has 88 valence electrons. The van der Waals surface area contributed by atoms with Gasteiger partial charge in [-0.1, -0.05) is 6.07 Å². The Kier molecular flexibility index (Phi) is 4.72. The molecule has 0 aliphatic heterocycles. The third-order valence-electron chi connectivity index (χ3n) is 1.93. The lowest BCUT2D eigenvalue weighted by atomic mass is 10.3. The number of hydrogen-bond donors (Lipinski definition) is 3. The van der Waals surface area contributed by atoms with Crippen LogP contribution in [0.15, 0.2) is 24.3 Å². The fourth-order valence-electron chi connectivity index (χ4n) is 1.14. The molecule has 0 fully saturated rings. The van der Waals surface area contributed by atoms with Crippen LogP contribution >= 0.6 is 0 Å². The highest BCUT2D eigenvalue weighted by atomic mass is 19.1. The summed E-state index contributed by atoms with van der Waals surface area (Å²) in [5.74, 6) is -0.401. The van der Waals surface area contributed by atoms with Crippen molar-refractivity contribution in [3.05, 3.63) is 30.1 Å². The van der Waals surface area contributed by atoms with Crippen molar-refractivity contribution >= 4 is 11.7 Å². The predicted molar refractivity (Wildman–Crippen MR) is 59.7 cm³/mol. The minimum Gasteiger partial charge on any atom is -0.393 e. The van der Waals surface area contributed by atoms with Crippen LogP contribution < -0.4 is 10.6 Å². The summed E-state index contributed by atoms with van der Waals surface area (Å²) in [6, 6.07) is 5.23. The van der Waals surface area contributed by atoms with Crippen molar-refractivity contribution in [2.24, 2.45) is 0 Å². The van der Waals surface area contributed by atoms with E-state index in [9.17, 15) is 9.18 Å². The molecule has 1 aromatic carbocycles. The largest absolute Gasteiger partial charge is 0.393 e. The lowest BCUT2D eigenvalue weighted by Gasteiger charge is -2.08. The van der Waals surface area contributed by atoms with Gasteiger partial charge in [-0.2, -0.15) is 0 Å². The number of carbonyl (C=O) groups is 1. The van der Waals surface area contributed by atoms with Crippen molar-refractivity contribution in [1.29, 1.82) is 0 Å². The number of aliphatic hydroxyl groups excluding tert-OH is 1. The van der Waals surface area contributed by atoms with Crippen molar-refractivity contribution in [2.75, 3.05) is 11.9 Å². The molecular formula is C11H15FN2O2.